The molecule has 0 aromatic rings. The number of nitrogens with two attached hydrogens (primary N) is 1. The number of hydrogen-bond donors (Lipinski definition) is 1. The van der Waals surface area contributed by atoms with Gasteiger partial charge < -0.3 is 10.6 Å². The zero-order valence-corrected chi connectivity index (χ0v) is 11.3. The molecule has 0 spiro atoms. The molecule has 92 valence electrons. The third-order valence-electron chi connectivity index (χ3n) is 2.67. The molecule has 0 aromatic heterocycles. The summed E-state index contributed by atoms with van der Waals surface area (Å²) in [6.07, 6.45) is 1.20. The molecule has 2 N–H and O–H groups in total. The quantitative estimate of drug-likeness (QED) is 0.673. The van der Waals surface area contributed by atoms with Crippen LogP contribution in [-0.4, -0.2) is 31.1 Å². The zero-order chi connectivity index (χ0) is 11.8. The van der Waals surface area contributed by atoms with Gasteiger partial charge in [0.25, 0.3) is 0 Å². The fourth-order valence-electron chi connectivity index (χ4n) is 1.99. The summed E-state index contributed by atoms with van der Waals surface area (Å²) in [5.74, 6) is 2.17. The van der Waals surface area contributed by atoms with Gasteiger partial charge in [0.1, 0.15) is 0 Å². The SMILES string of the molecule is CCC(CN)CN(CC(C)C)CC(C)C. The van der Waals surface area contributed by atoms with Gasteiger partial charge >= 0.3 is 0 Å². The van der Waals surface area contributed by atoms with Crippen LogP contribution in [0.2, 0.25) is 0 Å². The van der Waals surface area contributed by atoms with Gasteiger partial charge in [-0.05, 0) is 24.3 Å². The van der Waals surface area contributed by atoms with Gasteiger partial charge in [-0.3, -0.25) is 0 Å². The van der Waals surface area contributed by atoms with E-state index in [1.165, 1.54) is 26.1 Å². The summed E-state index contributed by atoms with van der Waals surface area (Å²) in [6, 6.07) is 0. The molecule has 1 atom stereocenters. The Balaban J connectivity index is 4.09. The second kappa shape index (κ2) is 8.12. The Morgan fingerprint density at radius 2 is 1.40 bits per heavy atom. The van der Waals surface area contributed by atoms with Crippen molar-refractivity contribution in [3.8, 4) is 0 Å². The highest BCUT2D eigenvalue weighted by Crippen LogP contribution is 2.09. The second-order valence-corrected chi connectivity index (χ2v) is 5.52. The van der Waals surface area contributed by atoms with Gasteiger partial charge in [0, 0.05) is 19.6 Å². The summed E-state index contributed by atoms with van der Waals surface area (Å²) in [4.78, 5) is 2.58. The molecule has 0 saturated carbocycles. The minimum Gasteiger partial charge on any atom is -0.330 e. The van der Waals surface area contributed by atoms with Crippen molar-refractivity contribution in [2.24, 2.45) is 23.5 Å². The van der Waals surface area contributed by atoms with Crippen molar-refractivity contribution in [2.45, 2.75) is 41.0 Å². The highest BCUT2D eigenvalue weighted by atomic mass is 15.1. The van der Waals surface area contributed by atoms with Gasteiger partial charge in [0.15, 0.2) is 0 Å². The Labute approximate surface area is 96.2 Å². The Morgan fingerprint density at radius 1 is 0.933 bits per heavy atom. The first kappa shape index (κ1) is 14.9. The first-order valence-electron chi connectivity index (χ1n) is 6.41. The summed E-state index contributed by atoms with van der Waals surface area (Å²) in [5, 5.41) is 0. The average Bonchev–Trinajstić information content (AvgIpc) is 2.11. The molecule has 0 radical (unpaired) electrons. The second-order valence-electron chi connectivity index (χ2n) is 5.52. The normalized spacial score (nSPS) is 14.2. The van der Waals surface area contributed by atoms with Crippen molar-refractivity contribution in [3.05, 3.63) is 0 Å². The standard InChI is InChI=1S/C13H30N2/c1-6-13(7-14)10-15(8-11(2)3)9-12(4)5/h11-13H,6-10,14H2,1-5H3. The molecule has 0 amide bonds. The Kier molecular flexibility index (Phi) is 8.07. The molecular weight excluding hydrogens is 184 g/mol. The third kappa shape index (κ3) is 7.80. The Hall–Kier alpha value is -0.0800. The van der Waals surface area contributed by atoms with Crippen molar-refractivity contribution >= 4 is 0 Å². The summed E-state index contributed by atoms with van der Waals surface area (Å²) >= 11 is 0. The van der Waals surface area contributed by atoms with Crippen LogP contribution in [0.4, 0.5) is 0 Å². The average molecular weight is 214 g/mol. The molecule has 2 nitrogen and oxygen atoms in total. The molecule has 0 rings (SSSR count). The molecule has 0 heterocycles. The van der Waals surface area contributed by atoms with E-state index in [0.29, 0.717) is 5.92 Å². The minimum atomic E-state index is 0.669. The lowest BCUT2D eigenvalue weighted by molar-refractivity contribution is 0.187. The third-order valence-corrected chi connectivity index (χ3v) is 2.67. The van der Waals surface area contributed by atoms with Crippen LogP contribution < -0.4 is 5.73 Å². The van der Waals surface area contributed by atoms with Crippen LogP contribution in [0.15, 0.2) is 0 Å². The molecule has 2 heteroatoms. The fourth-order valence-corrected chi connectivity index (χ4v) is 1.99. The van der Waals surface area contributed by atoms with Crippen molar-refractivity contribution in [1.29, 1.82) is 0 Å². The predicted octanol–water partition coefficient (Wildman–Crippen LogP) is 2.59. The van der Waals surface area contributed by atoms with Crippen molar-refractivity contribution in [1.82, 2.24) is 4.90 Å². The van der Waals surface area contributed by atoms with Crippen molar-refractivity contribution in [2.75, 3.05) is 26.2 Å². The summed E-state index contributed by atoms with van der Waals surface area (Å²) in [7, 11) is 0. The van der Waals surface area contributed by atoms with Gasteiger partial charge in [-0.1, -0.05) is 41.0 Å². The molecule has 0 aliphatic rings. The summed E-state index contributed by atoms with van der Waals surface area (Å²) in [6.45, 7) is 15.8. The van der Waals surface area contributed by atoms with Gasteiger partial charge in [-0.25, -0.2) is 0 Å². The van der Waals surface area contributed by atoms with Crippen LogP contribution in [0.3, 0.4) is 0 Å². The summed E-state index contributed by atoms with van der Waals surface area (Å²) in [5.41, 5.74) is 5.77. The lowest BCUT2D eigenvalue weighted by Crippen LogP contribution is -2.37. The van der Waals surface area contributed by atoms with Crippen LogP contribution in [-0.2, 0) is 0 Å². The maximum atomic E-state index is 5.77. The number of hydrogen-bond acceptors (Lipinski definition) is 2. The van der Waals surface area contributed by atoms with Crippen LogP contribution in [0.5, 0.6) is 0 Å². The van der Waals surface area contributed by atoms with E-state index in [1.807, 2.05) is 0 Å². The molecule has 0 aliphatic carbocycles. The Morgan fingerprint density at radius 3 is 1.67 bits per heavy atom. The first-order valence-corrected chi connectivity index (χ1v) is 6.41. The van der Waals surface area contributed by atoms with E-state index < -0.39 is 0 Å². The molecule has 0 bridgehead atoms. The molecular formula is C13H30N2. The van der Waals surface area contributed by atoms with Crippen molar-refractivity contribution < 1.29 is 0 Å². The van der Waals surface area contributed by atoms with E-state index in [0.717, 1.165) is 18.4 Å². The van der Waals surface area contributed by atoms with Gasteiger partial charge in [-0.15, -0.1) is 0 Å². The van der Waals surface area contributed by atoms with E-state index in [4.69, 9.17) is 5.73 Å². The molecule has 0 aromatic carbocycles. The van der Waals surface area contributed by atoms with Crippen LogP contribution in [0.25, 0.3) is 0 Å². The van der Waals surface area contributed by atoms with Crippen LogP contribution in [0, 0.1) is 17.8 Å². The zero-order valence-electron chi connectivity index (χ0n) is 11.3. The maximum Gasteiger partial charge on any atom is 0.00218 e. The van der Waals surface area contributed by atoms with E-state index >= 15 is 0 Å². The lowest BCUT2D eigenvalue weighted by atomic mass is 10.0. The Bertz CT molecular complexity index is 129. The first-order chi connectivity index (χ1) is 6.99. The smallest absolute Gasteiger partial charge is 0.00218 e. The lowest BCUT2D eigenvalue weighted by Gasteiger charge is -2.29. The van der Waals surface area contributed by atoms with E-state index in [9.17, 15) is 0 Å². The van der Waals surface area contributed by atoms with E-state index in [-0.39, 0.29) is 0 Å². The van der Waals surface area contributed by atoms with Crippen LogP contribution in [0.1, 0.15) is 41.0 Å². The monoisotopic (exact) mass is 214 g/mol. The predicted molar refractivity (Wildman–Crippen MR) is 69.0 cm³/mol. The molecule has 0 aliphatic heterocycles. The van der Waals surface area contributed by atoms with E-state index in [2.05, 4.69) is 39.5 Å². The van der Waals surface area contributed by atoms with Gasteiger partial charge in [0.2, 0.25) is 0 Å². The number of nitrogens with zero attached hydrogens (tertiary/aromatic N) is 1. The number of rotatable bonds is 8. The van der Waals surface area contributed by atoms with E-state index in [1.54, 1.807) is 0 Å². The highest BCUT2D eigenvalue weighted by molar-refractivity contribution is 4.68. The molecule has 1 unspecified atom stereocenters. The topological polar surface area (TPSA) is 29.3 Å². The van der Waals surface area contributed by atoms with Gasteiger partial charge in [-0.2, -0.15) is 0 Å². The van der Waals surface area contributed by atoms with Crippen LogP contribution >= 0.6 is 0 Å². The molecule has 15 heavy (non-hydrogen) atoms. The van der Waals surface area contributed by atoms with Gasteiger partial charge in [0.05, 0.1) is 0 Å². The fraction of sp³-hybridized carbons (Fsp3) is 1.00. The summed E-state index contributed by atoms with van der Waals surface area (Å²) < 4.78 is 0. The molecule has 0 fully saturated rings. The van der Waals surface area contributed by atoms with Crippen molar-refractivity contribution in [3.63, 3.8) is 0 Å². The highest BCUT2D eigenvalue weighted by Gasteiger charge is 2.13. The maximum absolute atomic E-state index is 5.77. The minimum absolute atomic E-state index is 0.669. The largest absolute Gasteiger partial charge is 0.330 e. The molecule has 0 saturated heterocycles.